The summed E-state index contributed by atoms with van der Waals surface area (Å²) in [6.45, 7) is 5.95. The Balaban J connectivity index is 1.83. The van der Waals surface area contributed by atoms with Gasteiger partial charge < -0.3 is 19.1 Å². The van der Waals surface area contributed by atoms with Crippen molar-refractivity contribution in [1.82, 2.24) is 9.80 Å². The third-order valence-corrected chi connectivity index (χ3v) is 5.16. The SMILES string of the molecule is CCCCOCCCN1C(=O)C(c2ccccc2OC)=C(N2CCOCC2)C1=O. The first-order valence-corrected chi connectivity index (χ1v) is 10.3. The highest BCUT2D eigenvalue weighted by Gasteiger charge is 2.42. The molecule has 158 valence electrons. The van der Waals surface area contributed by atoms with Gasteiger partial charge in [-0.05, 0) is 18.9 Å². The molecule has 7 nitrogen and oxygen atoms in total. The average Bonchev–Trinajstić information content (AvgIpc) is 3.01. The summed E-state index contributed by atoms with van der Waals surface area (Å²) < 4.78 is 16.5. The number of carbonyl (C=O) groups excluding carboxylic acids is 2. The Hall–Kier alpha value is -2.38. The molecule has 1 fully saturated rings. The highest BCUT2D eigenvalue weighted by Crippen LogP contribution is 2.36. The zero-order valence-corrected chi connectivity index (χ0v) is 17.3. The van der Waals surface area contributed by atoms with Crippen molar-refractivity contribution in [3.05, 3.63) is 35.5 Å². The average molecular weight is 402 g/mol. The van der Waals surface area contributed by atoms with E-state index in [4.69, 9.17) is 14.2 Å². The number of hydrogen-bond acceptors (Lipinski definition) is 6. The Kier molecular flexibility index (Phi) is 7.66. The molecule has 2 amide bonds. The molecule has 0 unspecified atom stereocenters. The van der Waals surface area contributed by atoms with E-state index in [2.05, 4.69) is 6.92 Å². The maximum Gasteiger partial charge on any atom is 0.277 e. The molecular weight excluding hydrogens is 372 g/mol. The third kappa shape index (κ3) is 4.79. The minimum atomic E-state index is -0.269. The molecular formula is C22H30N2O5. The van der Waals surface area contributed by atoms with Gasteiger partial charge in [0.2, 0.25) is 0 Å². The van der Waals surface area contributed by atoms with Crippen molar-refractivity contribution in [1.29, 1.82) is 0 Å². The lowest BCUT2D eigenvalue weighted by molar-refractivity contribution is -0.138. The molecule has 0 saturated carbocycles. The number of morpholine rings is 1. The van der Waals surface area contributed by atoms with Crippen molar-refractivity contribution in [3.63, 3.8) is 0 Å². The molecule has 1 aromatic rings. The normalized spacial score (nSPS) is 17.4. The van der Waals surface area contributed by atoms with Crippen molar-refractivity contribution >= 4 is 17.4 Å². The molecule has 7 heteroatoms. The number of carbonyl (C=O) groups is 2. The number of methoxy groups -OCH3 is 1. The van der Waals surface area contributed by atoms with Crippen molar-refractivity contribution in [2.24, 2.45) is 0 Å². The van der Waals surface area contributed by atoms with Crippen LogP contribution in [0.15, 0.2) is 30.0 Å². The molecule has 3 rings (SSSR count). The van der Waals surface area contributed by atoms with Crippen LogP contribution in [0, 0.1) is 0 Å². The van der Waals surface area contributed by atoms with Gasteiger partial charge in [-0.3, -0.25) is 14.5 Å². The van der Waals surface area contributed by atoms with Crippen molar-refractivity contribution in [2.75, 3.05) is 53.2 Å². The van der Waals surface area contributed by atoms with E-state index in [0.717, 1.165) is 12.8 Å². The van der Waals surface area contributed by atoms with Crippen molar-refractivity contribution in [3.8, 4) is 5.75 Å². The van der Waals surface area contributed by atoms with Crippen LogP contribution in [-0.4, -0.2) is 74.8 Å². The Morgan fingerprint density at radius 1 is 1.03 bits per heavy atom. The van der Waals surface area contributed by atoms with Crippen molar-refractivity contribution < 1.29 is 23.8 Å². The Morgan fingerprint density at radius 2 is 1.76 bits per heavy atom. The van der Waals surface area contributed by atoms with E-state index in [1.54, 1.807) is 13.2 Å². The number of nitrogens with zero attached hydrogens (tertiary/aromatic N) is 2. The quantitative estimate of drug-likeness (QED) is 0.442. The fourth-order valence-corrected chi connectivity index (χ4v) is 3.61. The molecule has 2 aliphatic rings. The zero-order valence-electron chi connectivity index (χ0n) is 17.3. The number of hydrogen-bond donors (Lipinski definition) is 0. The fraction of sp³-hybridized carbons (Fsp3) is 0.545. The molecule has 0 spiro atoms. The number of rotatable bonds is 10. The minimum absolute atomic E-state index is 0.244. The highest BCUT2D eigenvalue weighted by molar-refractivity contribution is 6.36. The summed E-state index contributed by atoms with van der Waals surface area (Å²) in [5.41, 5.74) is 1.52. The van der Waals surface area contributed by atoms with Crippen LogP contribution in [0.4, 0.5) is 0 Å². The lowest BCUT2D eigenvalue weighted by Gasteiger charge is -2.29. The second-order valence-electron chi connectivity index (χ2n) is 7.10. The molecule has 2 heterocycles. The van der Waals surface area contributed by atoms with E-state index in [0.29, 0.717) is 75.1 Å². The molecule has 0 aromatic heterocycles. The topological polar surface area (TPSA) is 68.3 Å². The van der Waals surface area contributed by atoms with E-state index < -0.39 is 0 Å². The van der Waals surface area contributed by atoms with Gasteiger partial charge in [0.25, 0.3) is 11.8 Å². The molecule has 0 aliphatic carbocycles. The minimum Gasteiger partial charge on any atom is -0.496 e. The van der Waals surface area contributed by atoms with Gasteiger partial charge in [-0.15, -0.1) is 0 Å². The third-order valence-electron chi connectivity index (χ3n) is 5.16. The molecule has 0 atom stereocenters. The van der Waals surface area contributed by atoms with Gasteiger partial charge in [-0.25, -0.2) is 0 Å². The van der Waals surface area contributed by atoms with Crippen LogP contribution in [0.2, 0.25) is 0 Å². The van der Waals surface area contributed by atoms with E-state index in [-0.39, 0.29) is 11.8 Å². The van der Waals surface area contributed by atoms with E-state index in [9.17, 15) is 9.59 Å². The first-order chi connectivity index (χ1) is 14.2. The zero-order chi connectivity index (χ0) is 20.6. The second-order valence-corrected chi connectivity index (χ2v) is 7.10. The van der Waals surface area contributed by atoms with Crippen LogP contribution < -0.4 is 4.74 Å². The summed E-state index contributed by atoms with van der Waals surface area (Å²) in [5.74, 6) is 0.0695. The number of unbranched alkanes of at least 4 members (excludes halogenated alkanes) is 1. The summed E-state index contributed by atoms with van der Waals surface area (Å²) in [7, 11) is 1.57. The number of ether oxygens (including phenoxy) is 3. The van der Waals surface area contributed by atoms with E-state index >= 15 is 0 Å². The Morgan fingerprint density at radius 3 is 2.48 bits per heavy atom. The van der Waals surface area contributed by atoms with Crippen molar-refractivity contribution in [2.45, 2.75) is 26.2 Å². The van der Waals surface area contributed by atoms with Crippen LogP contribution in [0.5, 0.6) is 5.75 Å². The second kappa shape index (κ2) is 10.4. The highest BCUT2D eigenvalue weighted by atomic mass is 16.5. The summed E-state index contributed by atoms with van der Waals surface area (Å²) in [5, 5.41) is 0. The molecule has 1 aromatic carbocycles. The molecule has 0 N–H and O–H groups in total. The number of benzene rings is 1. The Labute approximate surface area is 172 Å². The molecule has 0 bridgehead atoms. The Bertz CT molecular complexity index is 755. The molecule has 2 aliphatic heterocycles. The van der Waals surface area contributed by atoms with Gasteiger partial charge in [-0.1, -0.05) is 31.5 Å². The summed E-state index contributed by atoms with van der Waals surface area (Å²) in [6.07, 6.45) is 2.72. The standard InChI is InChI=1S/C22H30N2O5/c1-3-4-13-28-14-7-10-24-21(25)19(17-8-5-6-9-18(17)27-2)20(22(24)26)23-11-15-29-16-12-23/h5-6,8-9H,3-4,7,10-16H2,1-2H3. The molecule has 0 radical (unpaired) electrons. The van der Waals surface area contributed by atoms with E-state index in [1.807, 2.05) is 23.1 Å². The van der Waals surface area contributed by atoms with Crippen LogP contribution in [0.25, 0.3) is 5.57 Å². The molecule has 29 heavy (non-hydrogen) atoms. The van der Waals surface area contributed by atoms with Gasteiger partial charge >= 0.3 is 0 Å². The summed E-state index contributed by atoms with van der Waals surface area (Å²) in [4.78, 5) is 29.8. The lowest BCUT2D eigenvalue weighted by atomic mass is 10.0. The van der Waals surface area contributed by atoms with Gasteiger partial charge in [0.05, 0.1) is 25.9 Å². The number of imide groups is 1. The fourth-order valence-electron chi connectivity index (χ4n) is 3.61. The van der Waals surface area contributed by atoms with Crippen LogP contribution in [-0.2, 0) is 19.1 Å². The van der Waals surface area contributed by atoms with Gasteiger partial charge in [-0.2, -0.15) is 0 Å². The largest absolute Gasteiger partial charge is 0.496 e. The van der Waals surface area contributed by atoms with Crippen LogP contribution in [0.3, 0.4) is 0 Å². The maximum atomic E-state index is 13.3. The van der Waals surface area contributed by atoms with Crippen LogP contribution >= 0.6 is 0 Å². The van der Waals surface area contributed by atoms with Crippen LogP contribution in [0.1, 0.15) is 31.7 Å². The molecule has 1 saturated heterocycles. The predicted octanol–water partition coefficient (Wildman–Crippen LogP) is 2.31. The lowest BCUT2D eigenvalue weighted by Crippen LogP contribution is -2.40. The number of amides is 2. The monoisotopic (exact) mass is 402 g/mol. The van der Waals surface area contributed by atoms with E-state index in [1.165, 1.54) is 4.90 Å². The van der Waals surface area contributed by atoms with Gasteiger partial charge in [0.1, 0.15) is 11.4 Å². The first-order valence-electron chi connectivity index (χ1n) is 10.3. The number of para-hydroxylation sites is 1. The summed E-state index contributed by atoms with van der Waals surface area (Å²) in [6, 6.07) is 7.34. The van der Waals surface area contributed by atoms with Gasteiger partial charge in [0.15, 0.2) is 0 Å². The summed E-state index contributed by atoms with van der Waals surface area (Å²) >= 11 is 0. The van der Waals surface area contributed by atoms with Gasteiger partial charge in [0, 0.05) is 38.4 Å². The predicted molar refractivity (Wildman–Crippen MR) is 109 cm³/mol. The smallest absolute Gasteiger partial charge is 0.277 e. The maximum absolute atomic E-state index is 13.3. The first kappa shape index (κ1) is 21.3.